The summed E-state index contributed by atoms with van der Waals surface area (Å²) in [6.45, 7) is 1.38. The minimum Gasteiger partial charge on any atom is -0.356 e. The molecular formula is C18H23ClN2O. The van der Waals surface area contributed by atoms with Gasteiger partial charge in [0.15, 0.2) is 0 Å². The molecule has 3 N–H and O–H groups in total. The minimum atomic E-state index is 0. The molecule has 118 valence electrons. The molecule has 0 heterocycles. The normalized spacial score (nSPS) is 9.86. The van der Waals surface area contributed by atoms with Crippen LogP contribution in [0.1, 0.15) is 18.4 Å². The predicted molar refractivity (Wildman–Crippen MR) is 94.1 cm³/mol. The van der Waals surface area contributed by atoms with Crippen LogP contribution in [0.5, 0.6) is 0 Å². The summed E-state index contributed by atoms with van der Waals surface area (Å²) >= 11 is 0. The monoisotopic (exact) mass is 318 g/mol. The van der Waals surface area contributed by atoms with Gasteiger partial charge in [0.1, 0.15) is 0 Å². The first kappa shape index (κ1) is 18.2. The highest BCUT2D eigenvalue weighted by Gasteiger charge is 2.03. The Bertz CT molecular complexity index is 555. The van der Waals surface area contributed by atoms with Gasteiger partial charge >= 0.3 is 0 Å². The van der Waals surface area contributed by atoms with Gasteiger partial charge in [0, 0.05) is 6.54 Å². The molecule has 0 fully saturated rings. The average molecular weight is 319 g/mol. The van der Waals surface area contributed by atoms with E-state index in [1.165, 1.54) is 11.1 Å². The molecule has 0 saturated carbocycles. The van der Waals surface area contributed by atoms with Gasteiger partial charge in [0.2, 0.25) is 5.91 Å². The van der Waals surface area contributed by atoms with Gasteiger partial charge in [-0.25, -0.2) is 0 Å². The molecule has 0 aliphatic carbocycles. The Morgan fingerprint density at radius 1 is 0.909 bits per heavy atom. The number of benzene rings is 2. The number of unbranched alkanes of at least 4 members (excludes halogenated alkanes) is 1. The first-order chi connectivity index (χ1) is 10.3. The second-order valence-electron chi connectivity index (χ2n) is 5.09. The Morgan fingerprint density at radius 3 is 2.18 bits per heavy atom. The summed E-state index contributed by atoms with van der Waals surface area (Å²) in [6, 6.07) is 18.4. The molecule has 2 rings (SSSR count). The zero-order chi connectivity index (χ0) is 14.9. The van der Waals surface area contributed by atoms with Crippen LogP contribution in [0.15, 0.2) is 54.6 Å². The third-order valence-corrected chi connectivity index (χ3v) is 3.38. The number of nitrogens with two attached hydrogens (primary N) is 1. The second-order valence-corrected chi connectivity index (χ2v) is 5.09. The highest BCUT2D eigenvalue weighted by molar-refractivity contribution is 5.85. The number of carbonyl (C=O) groups is 1. The molecule has 0 atom stereocenters. The molecule has 4 heteroatoms. The van der Waals surface area contributed by atoms with Crippen LogP contribution in [0.25, 0.3) is 11.1 Å². The van der Waals surface area contributed by atoms with Gasteiger partial charge in [0.05, 0.1) is 6.42 Å². The van der Waals surface area contributed by atoms with Crippen molar-refractivity contribution in [3.05, 3.63) is 60.2 Å². The van der Waals surface area contributed by atoms with Crippen molar-refractivity contribution in [2.75, 3.05) is 13.1 Å². The van der Waals surface area contributed by atoms with Crippen molar-refractivity contribution in [3.63, 3.8) is 0 Å². The van der Waals surface area contributed by atoms with E-state index >= 15 is 0 Å². The van der Waals surface area contributed by atoms with Crippen LogP contribution in [-0.2, 0) is 11.2 Å². The fourth-order valence-corrected chi connectivity index (χ4v) is 2.19. The van der Waals surface area contributed by atoms with Crippen molar-refractivity contribution in [1.82, 2.24) is 5.32 Å². The van der Waals surface area contributed by atoms with Gasteiger partial charge in [-0.2, -0.15) is 0 Å². The molecular weight excluding hydrogens is 296 g/mol. The maximum Gasteiger partial charge on any atom is 0.224 e. The van der Waals surface area contributed by atoms with E-state index < -0.39 is 0 Å². The molecule has 0 spiro atoms. The van der Waals surface area contributed by atoms with Crippen LogP contribution in [0.2, 0.25) is 0 Å². The Morgan fingerprint density at radius 2 is 1.55 bits per heavy atom. The summed E-state index contributed by atoms with van der Waals surface area (Å²) in [5.41, 5.74) is 8.81. The molecule has 1 amide bonds. The van der Waals surface area contributed by atoms with E-state index in [1.54, 1.807) is 0 Å². The van der Waals surface area contributed by atoms with Crippen molar-refractivity contribution in [2.45, 2.75) is 19.3 Å². The van der Waals surface area contributed by atoms with E-state index in [0.29, 0.717) is 19.5 Å². The number of amides is 1. The van der Waals surface area contributed by atoms with E-state index in [1.807, 2.05) is 30.3 Å². The molecule has 0 bridgehead atoms. The zero-order valence-corrected chi connectivity index (χ0v) is 13.4. The minimum absolute atomic E-state index is 0. The van der Waals surface area contributed by atoms with Gasteiger partial charge in [0.25, 0.3) is 0 Å². The quantitative estimate of drug-likeness (QED) is 0.770. The van der Waals surface area contributed by atoms with E-state index in [4.69, 9.17) is 5.73 Å². The molecule has 0 aliphatic rings. The summed E-state index contributed by atoms with van der Waals surface area (Å²) in [5, 5.41) is 2.92. The third-order valence-electron chi connectivity index (χ3n) is 3.38. The van der Waals surface area contributed by atoms with Crippen molar-refractivity contribution in [1.29, 1.82) is 0 Å². The fraction of sp³-hybridized carbons (Fsp3) is 0.278. The lowest BCUT2D eigenvalue weighted by atomic mass is 10.0. The molecule has 22 heavy (non-hydrogen) atoms. The smallest absolute Gasteiger partial charge is 0.224 e. The summed E-state index contributed by atoms with van der Waals surface area (Å²) in [5.74, 6) is 0.0690. The maximum atomic E-state index is 11.8. The Hall–Kier alpha value is -1.84. The highest BCUT2D eigenvalue weighted by Crippen LogP contribution is 2.19. The first-order valence-electron chi connectivity index (χ1n) is 7.41. The van der Waals surface area contributed by atoms with Crippen LogP contribution in [-0.4, -0.2) is 19.0 Å². The molecule has 0 aromatic heterocycles. The number of halogens is 1. The van der Waals surface area contributed by atoms with Crippen molar-refractivity contribution >= 4 is 18.3 Å². The van der Waals surface area contributed by atoms with Crippen LogP contribution < -0.4 is 11.1 Å². The van der Waals surface area contributed by atoms with Gasteiger partial charge in [-0.3, -0.25) is 4.79 Å². The molecule has 0 radical (unpaired) electrons. The van der Waals surface area contributed by atoms with Crippen molar-refractivity contribution in [3.8, 4) is 11.1 Å². The Balaban J connectivity index is 0.00000242. The number of nitrogens with one attached hydrogen (secondary N) is 1. The van der Waals surface area contributed by atoms with Crippen molar-refractivity contribution in [2.24, 2.45) is 5.73 Å². The molecule has 0 aliphatic heterocycles. The van der Waals surface area contributed by atoms with Gasteiger partial charge < -0.3 is 11.1 Å². The fourth-order valence-electron chi connectivity index (χ4n) is 2.19. The van der Waals surface area contributed by atoms with E-state index in [0.717, 1.165) is 18.4 Å². The lowest BCUT2D eigenvalue weighted by Gasteiger charge is -2.06. The largest absolute Gasteiger partial charge is 0.356 e. The molecule has 3 nitrogen and oxygen atoms in total. The average Bonchev–Trinajstić information content (AvgIpc) is 2.53. The number of hydrogen-bond donors (Lipinski definition) is 2. The zero-order valence-electron chi connectivity index (χ0n) is 12.6. The Labute approximate surface area is 138 Å². The summed E-state index contributed by atoms with van der Waals surface area (Å²) < 4.78 is 0. The van der Waals surface area contributed by atoms with Gasteiger partial charge in [-0.1, -0.05) is 54.6 Å². The highest BCUT2D eigenvalue weighted by atomic mass is 35.5. The SMILES string of the molecule is Cl.NCCCCNC(=O)Cc1ccc(-c2ccccc2)cc1. The predicted octanol–water partition coefficient (Wildman–Crippen LogP) is 3.17. The summed E-state index contributed by atoms with van der Waals surface area (Å²) in [7, 11) is 0. The van der Waals surface area contributed by atoms with E-state index in [9.17, 15) is 4.79 Å². The first-order valence-corrected chi connectivity index (χ1v) is 7.41. The van der Waals surface area contributed by atoms with E-state index in [-0.39, 0.29) is 18.3 Å². The van der Waals surface area contributed by atoms with Crippen LogP contribution in [0.3, 0.4) is 0 Å². The standard InChI is InChI=1S/C18H22N2O.ClH/c19-12-4-5-13-20-18(21)14-15-8-10-17(11-9-15)16-6-2-1-3-7-16;/h1-3,6-11H,4-5,12-14,19H2,(H,20,21);1H. The molecule has 2 aromatic carbocycles. The number of hydrogen-bond acceptors (Lipinski definition) is 2. The molecule has 2 aromatic rings. The Kier molecular flexibility index (Phi) is 8.26. The number of carbonyl (C=O) groups excluding carboxylic acids is 1. The van der Waals surface area contributed by atoms with E-state index in [2.05, 4.69) is 29.6 Å². The second kappa shape index (κ2) is 9.98. The van der Waals surface area contributed by atoms with Crippen LogP contribution in [0.4, 0.5) is 0 Å². The maximum absolute atomic E-state index is 11.8. The third kappa shape index (κ3) is 5.88. The topological polar surface area (TPSA) is 55.1 Å². The number of rotatable bonds is 7. The summed E-state index contributed by atoms with van der Waals surface area (Å²) in [6.07, 6.45) is 2.32. The van der Waals surface area contributed by atoms with Gasteiger partial charge in [-0.05, 0) is 36.1 Å². The van der Waals surface area contributed by atoms with Crippen molar-refractivity contribution < 1.29 is 4.79 Å². The summed E-state index contributed by atoms with van der Waals surface area (Å²) in [4.78, 5) is 11.8. The molecule has 0 unspecified atom stereocenters. The lowest BCUT2D eigenvalue weighted by Crippen LogP contribution is -2.26. The molecule has 0 saturated heterocycles. The van der Waals surface area contributed by atoms with Crippen LogP contribution in [0, 0.1) is 0 Å². The van der Waals surface area contributed by atoms with Crippen LogP contribution >= 0.6 is 12.4 Å². The lowest BCUT2D eigenvalue weighted by molar-refractivity contribution is -0.120. The van der Waals surface area contributed by atoms with Gasteiger partial charge in [-0.15, -0.1) is 12.4 Å².